The van der Waals surface area contributed by atoms with E-state index in [1.165, 1.54) is 0 Å². The van der Waals surface area contributed by atoms with Crippen molar-refractivity contribution in [2.75, 3.05) is 6.54 Å². The van der Waals surface area contributed by atoms with Gasteiger partial charge in [-0.15, -0.1) is 6.58 Å². The van der Waals surface area contributed by atoms with E-state index in [0.717, 1.165) is 24.3 Å². The standard InChI is InChI=1S/C13H22N2O4/c1-2-3-4-5-6-15(14)12(17)10-7-9(16)8-11(10)13(18)19/h2,9-11,16H,1,3-8,14H2,(H,18,19)/t9-,10+,11+/m0/s1. The Morgan fingerprint density at radius 1 is 1.32 bits per heavy atom. The molecule has 4 N–H and O–H groups in total. The highest BCUT2D eigenvalue weighted by molar-refractivity contribution is 5.85. The highest BCUT2D eigenvalue weighted by atomic mass is 16.4. The van der Waals surface area contributed by atoms with Crippen LogP contribution in [0.2, 0.25) is 0 Å². The number of nitrogens with two attached hydrogens (primary N) is 1. The van der Waals surface area contributed by atoms with Crippen molar-refractivity contribution < 1.29 is 19.8 Å². The Labute approximate surface area is 112 Å². The van der Waals surface area contributed by atoms with Gasteiger partial charge in [0.15, 0.2) is 0 Å². The van der Waals surface area contributed by atoms with E-state index in [4.69, 9.17) is 10.9 Å². The van der Waals surface area contributed by atoms with Gasteiger partial charge in [0, 0.05) is 6.54 Å². The first-order chi connectivity index (χ1) is 8.97. The predicted octanol–water partition coefficient (Wildman–Crippen LogP) is 0.517. The smallest absolute Gasteiger partial charge is 0.307 e. The molecule has 1 amide bonds. The van der Waals surface area contributed by atoms with Gasteiger partial charge in [0.05, 0.1) is 17.9 Å². The number of hydrogen-bond acceptors (Lipinski definition) is 4. The Morgan fingerprint density at radius 2 is 1.95 bits per heavy atom. The van der Waals surface area contributed by atoms with Crippen LogP contribution in [0.5, 0.6) is 0 Å². The number of carboxylic acids is 1. The molecule has 1 saturated carbocycles. The van der Waals surface area contributed by atoms with Crippen LogP contribution in [0.1, 0.15) is 32.1 Å². The van der Waals surface area contributed by atoms with Crippen LogP contribution in [0.4, 0.5) is 0 Å². The molecule has 0 aliphatic heterocycles. The van der Waals surface area contributed by atoms with Crippen LogP contribution in [0.3, 0.4) is 0 Å². The number of aliphatic hydroxyl groups is 1. The Morgan fingerprint density at radius 3 is 2.53 bits per heavy atom. The van der Waals surface area contributed by atoms with Crippen LogP contribution in [0.25, 0.3) is 0 Å². The largest absolute Gasteiger partial charge is 0.481 e. The molecule has 3 atom stereocenters. The molecule has 0 saturated heterocycles. The number of aliphatic hydroxyl groups excluding tert-OH is 1. The average Bonchev–Trinajstić information content (AvgIpc) is 2.75. The van der Waals surface area contributed by atoms with Gasteiger partial charge in [-0.25, -0.2) is 5.84 Å². The Balaban J connectivity index is 2.50. The van der Waals surface area contributed by atoms with Crippen LogP contribution in [-0.2, 0) is 9.59 Å². The lowest BCUT2D eigenvalue weighted by Crippen LogP contribution is -2.44. The highest BCUT2D eigenvalue weighted by Crippen LogP contribution is 2.33. The van der Waals surface area contributed by atoms with Crippen molar-refractivity contribution in [3.8, 4) is 0 Å². The number of amides is 1. The number of allylic oxidation sites excluding steroid dienone is 1. The highest BCUT2D eigenvalue weighted by Gasteiger charge is 2.43. The van der Waals surface area contributed by atoms with Crippen molar-refractivity contribution in [3.05, 3.63) is 12.7 Å². The van der Waals surface area contributed by atoms with Crippen LogP contribution >= 0.6 is 0 Å². The molecule has 0 bridgehead atoms. The molecule has 0 spiro atoms. The zero-order valence-corrected chi connectivity index (χ0v) is 11.0. The molecule has 108 valence electrons. The van der Waals surface area contributed by atoms with Gasteiger partial charge in [-0.2, -0.15) is 0 Å². The molecule has 0 heterocycles. The second kappa shape index (κ2) is 7.25. The number of carboxylic acid groups (broad SMARTS) is 1. The van der Waals surface area contributed by atoms with E-state index in [1.54, 1.807) is 6.08 Å². The summed E-state index contributed by atoms with van der Waals surface area (Å²) >= 11 is 0. The van der Waals surface area contributed by atoms with E-state index < -0.39 is 23.9 Å². The van der Waals surface area contributed by atoms with E-state index in [2.05, 4.69) is 6.58 Å². The minimum Gasteiger partial charge on any atom is -0.481 e. The average molecular weight is 270 g/mol. The molecule has 1 rings (SSSR count). The summed E-state index contributed by atoms with van der Waals surface area (Å²) < 4.78 is 0. The lowest BCUT2D eigenvalue weighted by Gasteiger charge is -2.22. The molecular weight excluding hydrogens is 248 g/mol. The fourth-order valence-electron chi connectivity index (χ4n) is 2.45. The number of hydrogen-bond donors (Lipinski definition) is 3. The second-order valence-corrected chi connectivity index (χ2v) is 4.99. The van der Waals surface area contributed by atoms with Crippen molar-refractivity contribution >= 4 is 11.9 Å². The van der Waals surface area contributed by atoms with Gasteiger partial charge in [0.25, 0.3) is 0 Å². The summed E-state index contributed by atoms with van der Waals surface area (Å²) in [5, 5.41) is 19.6. The molecule has 6 nitrogen and oxygen atoms in total. The summed E-state index contributed by atoms with van der Waals surface area (Å²) in [6, 6.07) is 0. The Bertz CT molecular complexity index is 346. The molecule has 1 aliphatic carbocycles. The second-order valence-electron chi connectivity index (χ2n) is 4.99. The van der Waals surface area contributed by atoms with Crippen LogP contribution in [0.15, 0.2) is 12.7 Å². The van der Waals surface area contributed by atoms with Gasteiger partial charge in [0.2, 0.25) is 5.91 Å². The van der Waals surface area contributed by atoms with E-state index in [0.29, 0.717) is 6.54 Å². The molecule has 0 aromatic carbocycles. The number of hydrazine groups is 1. The normalized spacial score (nSPS) is 26.1. The number of nitrogens with zero attached hydrogens (tertiary/aromatic N) is 1. The van der Waals surface area contributed by atoms with Crippen LogP contribution in [0, 0.1) is 11.8 Å². The summed E-state index contributed by atoms with van der Waals surface area (Å²) in [6.07, 6.45) is 3.87. The number of carbonyl (C=O) groups excluding carboxylic acids is 1. The van der Waals surface area contributed by atoms with Gasteiger partial charge < -0.3 is 10.2 Å². The maximum Gasteiger partial charge on any atom is 0.307 e. The molecule has 0 radical (unpaired) electrons. The summed E-state index contributed by atoms with van der Waals surface area (Å²) in [6.45, 7) is 4.00. The van der Waals surface area contributed by atoms with Gasteiger partial charge in [-0.3, -0.25) is 14.6 Å². The molecule has 1 aliphatic rings. The molecule has 6 heteroatoms. The van der Waals surface area contributed by atoms with Gasteiger partial charge in [-0.1, -0.05) is 6.08 Å². The summed E-state index contributed by atoms with van der Waals surface area (Å²) in [7, 11) is 0. The topological polar surface area (TPSA) is 104 Å². The third kappa shape index (κ3) is 4.33. The van der Waals surface area contributed by atoms with Crippen molar-refractivity contribution in [2.45, 2.75) is 38.2 Å². The third-order valence-electron chi connectivity index (χ3n) is 3.51. The summed E-state index contributed by atoms with van der Waals surface area (Å²) in [4.78, 5) is 23.1. The maximum atomic E-state index is 12.1. The molecule has 19 heavy (non-hydrogen) atoms. The van der Waals surface area contributed by atoms with Gasteiger partial charge >= 0.3 is 5.97 Å². The van der Waals surface area contributed by atoms with E-state index in [9.17, 15) is 14.7 Å². The molecule has 1 fully saturated rings. The zero-order chi connectivity index (χ0) is 14.4. The fraction of sp³-hybridized carbons (Fsp3) is 0.692. The van der Waals surface area contributed by atoms with Gasteiger partial charge in [-0.05, 0) is 32.1 Å². The Hall–Kier alpha value is -1.40. The molecule has 0 unspecified atom stereocenters. The van der Waals surface area contributed by atoms with E-state index in [-0.39, 0.29) is 18.7 Å². The molecular formula is C13H22N2O4. The first-order valence-corrected chi connectivity index (χ1v) is 6.55. The SMILES string of the molecule is C=CCCCCN(N)C(=O)[C@@H]1C[C@H](O)C[C@H]1C(=O)O. The minimum atomic E-state index is -1.05. The number of aliphatic carboxylic acids is 1. The maximum absolute atomic E-state index is 12.1. The zero-order valence-electron chi connectivity index (χ0n) is 11.0. The van der Waals surface area contributed by atoms with Crippen molar-refractivity contribution in [3.63, 3.8) is 0 Å². The van der Waals surface area contributed by atoms with Crippen molar-refractivity contribution in [2.24, 2.45) is 17.7 Å². The van der Waals surface area contributed by atoms with E-state index >= 15 is 0 Å². The van der Waals surface area contributed by atoms with Crippen LogP contribution < -0.4 is 5.84 Å². The van der Waals surface area contributed by atoms with Crippen LogP contribution in [-0.4, -0.2) is 39.7 Å². The molecule has 0 aromatic heterocycles. The van der Waals surface area contributed by atoms with E-state index in [1.807, 2.05) is 0 Å². The number of unbranched alkanes of at least 4 members (excludes halogenated alkanes) is 2. The summed E-state index contributed by atoms with van der Waals surface area (Å²) in [5.41, 5.74) is 0. The van der Waals surface area contributed by atoms with Crippen molar-refractivity contribution in [1.29, 1.82) is 0 Å². The lowest BCUT2D eigenvalue weighted by atomic mass is 9.95. The quantitative estimate of drug-likeness (QED) is 0.206. The van der Waals surface area contributed by atoms with Crippen molar-refractivity contribution in [1.82, 2.24) is 5.01 Å². The van der Waals surface area contributed by atoms with Gasteiger partial charge in [0.1, 0.15) is 0 Å². The fourth-order valence-corrected chi connectivity index (χ4v) is 2.45. The summed E-state index contributed by atoms with van der Waals surface area (Å²) in [5.74, 6) is 2.69. The Kier molecular flexibility index (Phi) is 5.98. The molecule has 0 aromatic rings. The lowest BCUT2D eigenvalue weighted by molar-refractivity contribution is -0.149. The number of rotatable bonds is 7. The third-order valence-corrected chi connectivity index (χ3v) is 3.51. The minimum absolute atomic E-state index is 0.121. The number of carbonyl (C=O) groups is 2. The first kappa shape index (κ1) is 15.7. The first-order valence-electron chi connectivity index (χ1n) is 6.55. The predicted molar refractivity (Wildman–Crippen MR) is 69.8 cm³/mol. The monoisotopic (exact) mass is 270 g/mol.